The first-order valence-corrected chi connectivity index (χ1v) is 7.61. The van der Waals surface area contributed by atoms with Gasteiger partial charge in [0.1, 0.15) is 5.65 Å². The van der Waals surface area contributed by atoms with Crippen LogP contribution in [0.4, 0.5) is 5.69 Å². The molecule has 4 rings (SSSR count). The van der Waals surface area contributed by atoms with Crippen molar-refractivity contribution in [1.29, 1.82) is 0 Å². The predicted molar refractivity (Wildman–Crippen MR) is 86.8 cm³/mol. The molecule has 1 aliphatic heterocycles. The molecular formula is C18H19N3. The van der Waals surface area contributed by atoms with Crippen LogP contribution in [-0.4, -0.2) is 22.5 Å². The highest BCUT2D eigenvalue weighted by Gasteiger charge is 2.15. The molecule has 0 aliphatic carbocycles. The van der Waals surface area contributed by atoms with Crippen LogP contribution in [0.15, 0.2) is 48.8 Å². The number of aryl methyl sites for hydroxylation is 1. The minimum absolute atomic E-state index is 0.996. The van der Waals surface area contributed by atoms with E-state index in [1.54, 1.807) is 0 Å². The van der Waals surface area contributed by atoms with E-state index in [2.05, 4.69) is 40.6 Å². The summed E-state index contributed by atoms with van der Waals surface area (Å²) in [5.74, 6) is 0. The Balaban J connectivity index is 1.79. The van der Waals surface area contributed by atoms with Crippen LogP contribution in [0.3, 0.4) is 0 Å². The third-order valence-corrected chi connectivity index (χ3v) is 4.32. The minimum atomic E-state index is 0.996. The Morgan fingerprint density at radius 1 is 1.05 bits per heavy atom. The van der Waals surface area contributed by atoms with Crippen LogP contribution in [0.1, 0.15) is 18.4 Å². The van der Waals surface area contributed by atoms with Gasteiger partial charge in [-0.25, -0.2) is 4.98 Å². The third kappa shape index (κ3) is 2.19. The fourth-order valence-electron chi connectivity index (χ4n) is 3.14. The highest BCUT2D eigenvalue weighted by atomic mass is 15.1. The molecule has 106 valence electrons. The monoisotopic (exact) mass is 277 g/mol. The van der Waals surface area contributed by atoms with Gasteiger partial charge in [-0.15, -0.1) is 0 Å². The number of benzene rings is 1. The molecule has 0 unspecified atom stereocenters. The molecule has 1 aromatic carbocycles. The van der Waals surface area contributed by atoms with Crippen molar-refractivity contribution in [1.82, 2.24) is 9.38 Å². The second kappa shape index (κ2) is 4.92. The van der Waals surface area contributed by atoms with E-state index in [9.17, 15) is 0 Å². The van der Waals surface area contributed by atoms with E-state index >= 15 is 0 Å². The lowest BCUT2D eigenvalue weighted by molar-refractivity contribution is 0.949. The van der Waals surface area contributed by atoms with Gasteiger partial charge in [0.25, 0.3) is 0 Å². The maximum absolute atomic E-state index is 4.72. The SMILES string of the molecule is Cc1ccc(-c2cn3ccccc3n2)cc1N1CCCC1. The number of fused-ring (bicyclic) bond motifs is 1. The van der Waals surface area contributed by atoms with Crippen molar-refractivity contribution in [2.24, 2.45) is 0 Å². The Morgan fingerprint density at radius 3 is 2.71 bits per heavy atom. The van der Waals surface area contributed by atoms with Crippen molar-refractivity contribution in [2.45, 2.75) is 19.8 Å². The Morgan fingerprint density at radius 2 is 1.90 bits per heavy atom. The van der Waals surface area contributed by atoms with Crippen molar-refractivity contribution < 1.29 is 0 Å². The van der Waals surface area contributed by atoms with Gasteiger partial charge < -0.3 is 9.30 Å². The van der Waals surface area contributed by atoms with Crippen molar-refractivity contribution in [3.05, 3.63) is 54.4 Å². The first kappa shape index (κ1) is 12.5. The summed E-state index contributed by atoms with van der Waals surface area (Å²) in [5.41, 5.74) is 5.95. The number of anilines is 1. The zero-order valence-electron chi connectivity index (χ0n) is 12.3. The predicted octanol–water partition coefficient (Wildman–Crippen LogP) is 3.91. The highest BCUT2D eigenvalue weighted by Crippen LogP contribution is 2.29. The Kier molecular flexibility index (Phi) is 2.92. The molecular weight excluding hydrogens is 258 g/mol. The zero-order valence-corrected chi connectivity index (χ0v) is 12.3. The van der Waals surface area contributed by atoms with Gasteiger partial charge in [-0.3, -0.25) is 0 Å². The number of pyridine rings is 1. The Hall–Kier alpha value is -2.29. The van der Waals surface area contributed by atoms with Crippen molar-refractivity contribution >= 4 is 11.3 Å². The van der Waals surface area contributed by atoms with Crippen LogP contribution in [0.5, 0.6) is 0 Å². The molecule has 0 atom stereocenters. The van der Waals surface area contributed by atoms with Crippen LogP contribution in [0.25, 0.3) is 16.9 Å². The van der Waals surface area contributed by atoms with E-state index in [1.807, 2.05) is 24.4 Å². The standard InChI is InChI=1S/C18H19N3/c1-14-7-8-15(12-17(14)20-9-4-5-10-20)16-13-21-11-3-2-6-18(21)19-16/h2-3,6-8,11-13H,4-5,9-10H2,1H3. The molecule has 0 spiro atoms. The van der Waals surface area contributed by atoms with E-state index in [0.29, 0.717) is 0 Å². The second-order valence-corrected chi connectivity index (χ2v) is 5.79. The van der Waals surface area contributed by atoms with Gasteiger partial charge in [0.05, 0.1) is 5.69 Å². The summed E-state index contributed by atoms with van der Waals surface area (Å²) in [6, 6.07) is 12.8. The summed E-state index contributed by atoms with van der Waals surface area (Å²) in [4.78, 5) is 7.22. The van der Waals surface area contributed by atoms with Crippen LogP contribution in [0, 0.1) is 6.92 Å². The molecule has 21 heavy (non-hydrogen) atoms. The summed E-state index contributed by atoms with van der Waals surface area (Å²) in [6.45, 7) is 4.55. The number of aromatic nitrogens is 2. The summed E-state index contributed by atoms with van der Waals surface area (Å²) < 4.78 is 2.07. The molecule has 2 aromatic heterocycles. The molecule has 1 fully saturated rings. The number of hydrogen-bond acceptors (Lipinski definition) is 2. The number of imidazole rings is 1. The summed E-state index contributed by atoms with van der Waals surface area (Å²) in [6.07, 6.45) is 6.76. The summed E-state index contributed by atoms with van der Waals surface area (Å²) >= 11 is 0. The largest absolute Gasteiger partial charge is 0.371 e. The van der Waals surface area contributed by atoms with E-state index in [1.165, 1.54) is 42.7 Å². The lowest BCUT2D eigenvalue weighted by atomic mass is 10.1. The van der Waals surface area contributed by atoms with Crippen molar-refractivity contribution in [2.75, 3.05) is 18.0 Å². The topological polar surface area (TPSA) is 20.5 Å². The smallest absolute Gasteiger partial charge is 0.137 e. The van der Waals surface area contributed by atoms with E-state index in [-0.39, 0.29) is 0 Å². The van der Waals surface area contributed by atoms with Gasteiger partial charge in [-0.05, 0) is 43.5 Å². The first-order valence-electron chi connectivity index (χ1n) is 7.61. The molecule has 0 bridgehead atoms. The summed E-state index contributed by atoms with van der Waals surface area (Å²) in [5, 5.41) is 0. The Bertz CT molecular complexity index is 749. The van der Waals surface area contributed by atoms with Gasteiger partial charge in [0, 0.05) is 36.7 Å². The van der Waals surface area contributed by atoms with Gasteiger partial charge in [-0.1, -0.05) is 18.2 Å². The van der Waals surface area contributed by atoms with Crippen LogP contribution in [0.2, 0.25) is 0 Å². The Labute approximate surface area is 124 Å². The van der Waals surface area contributed by atoms with E-state index in [0.717, 1.165) is 11.3 Å². The van der Waals surface area contributed by atoms with E-state index in [4.69, 9.17) is 4.98 Å². The molecule has 1 aliphatic rings. The second-order valence-electron chi connectivity index (χ2n) is 5.79. The highest BCUT2D eigenvalue weighted by molar-refractivity contribution is 5.70. The van der Waals surface area contributed by atoms with Crippen molar-refractivity contribution in [3.8, 4) is 11.3 Å². The molecule has 3 heteroatoms. The van der Waals surface area contributed by atoms with Crippen LogP contribution >= 0.6 is 0 Å². The first-order chi connectivity index (χ1) is 10.3. The average molecular weight is 277 g/mol. The van der Waals surface area contributed by atoms with E-state index < -0.39 is 0 Å². The van der Waals surface area contributed by atoms with Gasteiger partial charge in [0.2, 0.25) is 0 Å². The fourth-order valence-corrected chi connectivity index (χ4v) is 3.14. The normalized spacial score (nSPS) is 15.0. The molecule has 0 radical (unpaired) electrons. The molecule has 1 saturated heterocycles. The maximum atomic E-state index is 4.72. The molecule has 3 heterocycles. The average Bonchev–Trinajstić information content (AvgIpc) is 3.17. The molecule has 0 N–H and O–H groups in total. The molecule has 0 amide bonds. The lowest BCUT2D eigenvalue weighted by Crippen LogP contribution is -2.18. The third-order valence-electron chi connectivity index (χ3n) is 4.32. The van der Waals surface area contributed by atoms with Gasteiger partial charge in [0.15, 0.2) is 0 Å². The number of nitrogens with zero attached hydrogens (tertiary/aromatic N) is 3. The molecule has 0 saturated carbocycles. The fraction of sp³-hybridized carbons (Fsp3) is 0.278. The minimum Gasteiger partial charge on any atom is -0.371 e. The zero-order chi connectivity index (χ0) is 14.2. The van der Waals surface area contributed by atoms with Crippen molar-refractivity contribution in [3.63, 3.8) is 0 Å². The maximum Gasteiger partial charge on any atom is 0.137 e. The molecule has 3 aromatic rings. The molecule has 3 nitrogen and oxygen atoms in total. The van der Waals surface area contributed by atoms with Crippen LogP contribution < -0.4 is 4.90 Å². The lowest BCUT2D eigenvalue weighted by Gasteiger charge is -2.20. The van der Waals surface area contributed by atoms with Gasteiger partial charge in [-0.2, -0.15) is 0 Å². The number of rotatable bonds is 2. The summed E-state index contributed by atoms with van der Waals surface area (Å²) in [7, 11) is 0. The number of hydrogen-bond donors (Lipinski definition) is 0. The van der Waals surface area contributed by atoms with Crippen LogP contribution in [-0.2, 0) is 0 Å². The van der Waals surface area contributed by atoms with Gasteiger partial charge >= 0.3 is 0 Å². The quantitative estimate of drug-likeness (QED) is 0.708.